The summed E-state index contributed by atoms with van der Waals surface area (Å²) in [4.78, 5) is 4.17. The molecule has 0 atom stereocenters. The van der Waals surface area contributed by atoms with Crippen molar-refractivity contribution >= 4 is 11.8 Å². The number of aliphatic hydroxyl groups excluding tert-OH is 1. The highest BCUT2D eigenvalue weighted by molar-refractivity contribution is 7.99. The van der Waals surface area contributed by atoms with E-state index in [-0.39, 0.29) is 6.61 Å². The van der Waals surface area contributed by atoms with Crippen molar-refractivity contribution in [2.24, 2.45) is 0 Å². The molecule has 6 heteroatoms. The first-order valence-corrected chi connectivity index (χ1v) is 8.48. The number of pyridine rings is 1. The van der Waals surface area contributed by atoms with Crippen LogP contribution < -0.4 is 0 Å². The third kappa shape index (κ3) is 3.97. The van der Waals surface area contributed by atoms with Gasteiger partial charge in [-0.1, -0.05) is 42.1 Å². The first-order chi connectivity index (χ1) is 11.4. The largest absolute Gasteiger partial charge is 0.396 e. The molecule has 0 bridgehead atoms. The maximum absolute atomic E-state index is 8.97. The molecule has 3 aromatic rings. The Morgan fingerprint density at radius 1 is 1.04 bits per heavy atom. The van der Waals surface area contributed by atoms with Crippen molar-refractivity contribution in [2.75, 3.05) is 12.4 Å². The SMILES string of the molecule is OCCCSc1nnc(-c2cccnc2)n1Cc1ccccc1. The summed E-state index contributed by atoms with van der Waals surface area (Å²) >= 11 is 1.62. The predicted molar refractivity (Wildman–Crippen MR) is 91.2 cm³/mol. The van der Waals surface area contributed by atoms with Gasteiger partial charge >= 0.3 is 0 Å². The molecule has 2 heterocycles. The minimum absolute atomic E-state index is 0.190. The van der Waals surface area contributed by atoms with Crippen LogP contribution in [0.5, 0.6) is 0 Å². The Bertz CT molecular complexity index is 731. The van der Waals surface area contributed by atoms with Crippen LogP contribution in [0.4, 0.5) is 0 Å². The van der Waals surface area contributed by atoms with E-state index in [4.69, 9.17) is 5.11 Å². The standard InChI is InChI=1S/C17H18N4OS/c22-10-5-11-23-17-20-19-16(15-8-4-9-18-12-15)21(17)13-14-6-2-1-3-7-14/h1-4,6-9,12,22H,5,10-11,13H2. The van der Waals surface area contributed by atoms with Gasteiger partial charge in [0.05, 0.1) is 6.54 Å². The second-order valence-corrected chi connectivity index (χ2v) is 6.11. The minimum atomic E-state index is 0.190. The average molecular weight is 326 g/mol. The van der Waals surface area contributed by atoms with Gasteiger partial charge in [-0.15, -0.1) is 10.2 Å². The number of thioether (sulfide) groups is 1. The lowest BCUT2D eigenvalue weighted by atomic mass is 10.2. The number of benzene rings is 1. The van der Waals surface area contributed by atoms with Gasteiger partial charge < -0.3 is 5.11 Å². The van der Waals surface area contributed by atoms with Crippen LogP contribution in [-0.4, -0.2) is 37.2 Å². The summed E-state index contributed by atoms with van der Waals surface area (Å²) in [5.41, 5.74) is 2.14. The molecule has 3 rings (SSSR count). The highest BCUT2D eigenvalue weighted by Gasteiger charge is 2.14. The summed E-state index contributed by atoms with van der Waals surface area (Å²) in [6.45, 7) is 0.898. The van der Waals surface area contributed by atoms with E-state index in [9.17, 15) is 0 Å². The Labute approximate surface area is 139 Å². The van der Waals surface area contributed by atoms with Gasteiger partial charge in [-0.05, 0) is 24.1 Å². The van der Waals surface area contributed by atoms with E-state index < -0.39 is 0 Å². The second kappa shape index (κ2) is 7.89. The molecule has 0 amide bonds. The number of rotatable bonds is 7. The molecule has 0 unspecified atom stereocenters. The predicted octanol–water partition coefficient (Wildman–Crippen LogP) is 2.86. The van der Waals surface area contributed by atoms with E-state index in [1.807, 2.05) is 30.3 Å². The van der Waals surface area contributed by atoms with Crippen molar-refractivity contribution in [2.45, 2.75) is 18.1 Å². The third-order valence-electron chi connectivity index (χ3n) is 3.35. The van der Waals surface area contributed by atoms with Crippen LogP contribution in [0.3, 0.4) is 0 Å². The Morgan fingerprint density at radius 2 is 1.91 bits per heavy atom. The monoisotopic (exact) mass is 326 g/mol. The highest BCUT2D eigenvalue weighted by Crippen LogP contribution is 2.25. The zero-order valence-electron chi connectivity index (χ0n) is 12.7. The number of aliphatic hydroxyl groups is 1. The molecular weight excluding hydrogens is 308 g/mol. The summed E-state index contributed by atoms with van der Waals surface area (Å²) in [7, 11) is 0. The van der Waals surface area contributed by atoms with Gasteiger partial charge in [0.25, 0.3) is 0 Å². The van der Waals surface area contributed by atoms with Crippen LogP contribution in [0.25, 0.3) is 11.4 Å². The van der Waals surface area contributed by atoms with E-state index in [0.717, 1.165) is 28.7 Å². The molecule has 0 saturated carbocycles. The molecule has 2 aromatic heterocycles. The lowest BCUT2D eigenvalue weighted by molar-refractivity contribution is 0.296. The molecule has 0 aliphatic carbocycles. The summed E-state index contributed by atoms with van der Waals surface area (Å²) in [6, 6.07) is 14.1. The summed E-state index contributed by atoms with van der Waals surface area (Å²) in [6.07, 6.45) is 4.29. The molecule has 0 fully saturated rings. The maximum atomic E-state index is 8.97. The number of hydrogen-bond acceptors (Lipinski definition) is 5. The van der Waals surface area contributed by atoms with Crippen LogP contribution in [0.2, 0.25) is 0 Å². The van der Waals surface area contributed by atoms with Crippen molar-refractivity contribution in [3.63, 3.8) is 0 Å². The molecule has 5 nitrogen and oxygen atoms in total. The second-order valence-electron chi connectivity index (χ2n) is 5.05. The molecule has 0 radical (unpaired) electrons. The van der Waals surface area contributed by atoms with Gasteiger partial charge in [-0.2, -0.15) is 0 Å². The Kier molecular flexibility index (Phi) is 5.39. The van der Waals surface area contributed by atoms with E-state index in [0.29, 0.717) is 6.54 Å². The fourth-order valence-electron chi connectivity index (χ4n) is 2.24. The zero-order valence-corrected chi connectivity index (χ0v) is 13.5. The van der Waals surface area contributed by atoms with Crippen molar-refractivity contribution in [1.82, 2.24) is 19.7 Å². The fourth-order valence-corrected chi connectivity index (χ4v) is 3.10. The smallest absolute Gasteiger partial charge is 0.191 e. The summed E-state index contributed by atoms with van der Waals surface area (Å²) < 4.78 is 2.11. The lowest BCUT2D eigenvalue weighted by Crippen LogP contribution is -2.04. The van der Waals surface area contributed by atoms with Gasteiger partial charge in [0.1, 0.15) is 0 Å². The number of hydrogen-bond donors (Lipinski definition) is 1. The van der Waals surface area contributed by atoms with Gasteiger partial charge in [-0.25, -0.2) is 0 Å². The molecular formula is C17H18N4OS. The topological polar surface area (TPSA) is 63.8 Å². The Hall–Kier alpha value is -2.18. The minimum Gasteiger partial charge on any atom is -0.396 e. The summed E-state index contributed by atoms with van der Waals surface area (Å²) in [5, 5.41) is 18.5. The molecule has 23 heavy (non-hydrogen) atoms. The van der Waals surface area contributed by atoms with Crippen LogP contribution >= 0.6 is 11.8 Å². The van der Waals surface area contributed by atoms with Crippen molar-refractivity contribution in [3.05, 3.63) is 60.4 Å². The first kappa shape index (κ1) is 15.7. The Balaban J connectivity index is 1.93. The molecule has 0 aliphatic heterocycles. The first-order valence-electron chi connectivity index (χ1n) is 7.49. The van der Waals surface area contributed by atoms with Crippen LogP contribution in [0, 0.1) is 0 Å². The molecule has 1 aromatic carbocycles. The highest BCUT2D eigenvalue weighted by atomic mass is 32.2. The molecule has 118 valence electrons. The van der Waals surface area contributed by atoms with E-state index in [1.165, 1.54) is 5.56 Å². The van der Waals surface area contributed by atoms with Gasteiger partial charge in [0.15, 0.2) is 11.0 Å². The summed E-state index contributed by atoms with van der Waals surface area (Å²) in [5.74, 6) is 1.63. The average Bonchev–Trinajstić information content (AvgIpc) is 3.00. The number of nitrogens with zero attached hydrogens (tertiary/aromatic N) is 4. The van der Waals surface area contributed by atoms with Gasteiger partial charge in [0.2, 0.25) is 0 Å². The quantitative estimate of drug-likeness (QED) is 0.534. The number of aromatic nitrogens is 4. The van der Waals surface area contributed by atoms with Gasteiger partial charge in [0, 0.05) is 30.3 Å². The zero-order chi connectivity index (χ0) is 15.9. The lowest BCUT2D eigenvalue weighted by Gasteiger charge is -2.10. The third-order valence-corrected chi connectivity index (χ3v) is 4.41. The van der Waals surface area contributed by atoms with Crippen molar-refractivity contribution < 1.29 is 5.11 Å². The van der Waals surface area contributed by atoms with E-state index in [2.05, 4.69) is 31.9 Å². The van der Waals surface area contributed by atoms with Crippen molar-refractivity contribution in [1.29, 1.82) is 0 Å². The van der Waals surface area contributed by atoms with Crippen molar-refractivity contribution in [3.8, 4) is 11.4 Å². The Morgan fingerprint density at radius 3 is 2.65 bits per heavy atom. The van der Waals surface area contributed by atoms with Crippen LogP contribution in [-0.2, 0) is 6.54 Å². The molecule has 0 saturated heterocycles. The molecule has 1 N–H and O–H groups in total. The molecule has 0 aliphatic rings. The normalized spacial score (nSPS) is 10.8. The van der Waals surface area contributed by atoms with E-state index >= 15 is 0 Å². The fraction of sp³-hybridized carbons (Fsp3) is 0.235. The van der Waals surface area contributed by atoms with Crippen LogP contribution in [0.1, 0.15) is 12.0 Å². The van der Waals surface area contributed by atoms with E-state index in [1.54, 1.807) is 24.2 Å². The van der Waals surface area contributed by atoms with Gasteiger partial charge in [-0.3, -0.25) is 9.55 Å². The maximum Gasteiger partial charge on any atom is 0.191 e. The molecule has 0 spiro atoms. The van der Waals surface area contributed by atoms with Crippen LogP contribution in [0.15, 0.2) is 60.0 Å².